The van der Waals surface area contributed by atoms with Crippen molar-refractivity contribution in [1.29, 1.82) is 0 Å². The van der Waals surface area contributed by atoms with Gasteiger partial charge >= 0.3 is 0 Å². The third kappa shape index (κ3) is 2.45. The van der Waals surface area contributed by atoms with Crippen molar-refractivity contribution in [2.75, 3.05) is 5.32 Å². The molecule has 3 rings (SSSR count). The number of nitrogens with one attached hydrogen (secondary N) is 1. The first-order valence-corrected chi connectivity index (χ1v) is 7.69. The van der Waals surface area contributed by atoms with Crippen molar-refractivity contribution in [3.8, 4) is 0 Å². The van der Waals surface area contributed by atoms with Crippen LogP contribution in [0.5, 0.6) is 0 Å². The van der Waals surface area contributed by atoms with Crippen molar-refractivity contribution < 1.29 is 0 Å². The number of aromatic nitrogens is 2. The van der Waals surface area contributed by atoms with E-state index in [1.807, 2.05) is 13.8 Å². The molecule has 4 unspecified atom stereocenters. The third-order valence-electron chi connectivity index (χ3n) is 5.00. The second kappa shape index (κ2) is 4.93. The molecule has 0 aromatic carbocycles. The molecule has 1 aromatic heterocycles. The van der Waals surface area contributed by atoms with Crippen LogP contribution >= 0.6 is 11.6 Å². The summed E-state index contributed by atoms with van der Waals surface area (Å²) < 4.78 is 0. The number of halogens is 1. The lowest BCUT2D eigenvalue weighted by molar-refractivity contribution is 0.304. The molecular formula is C15H22ClN3. The molecule has 2 aliphatic carbocycles. The smallest absolute Gasteiger partial charge is 0.137 e. The molecule has 2 fully saturated rings. The zero-order valence-corrected chi connectivity index (χ0v) is 12.7. The summed E-state index contributed by atoms with van der Waals surface area (Å²) >= 11 is 6.13. The summed E-state index contributed by atoms with van der Waals surface area (Å²) in [5, 5.41) is 4.15. The van der Waals surface area contributed by atoms with E-state index >= 15 is 0 Å². The van der Waals surface area contributed by atoms with Gasteiger partial charge in [-0.25, -0.2) is 9.97 Å². The van der Waals surface area contributed by atoms with Gasteiger partial charge in [-0.3, -0.25) is 0 Å². The fourth-order valence-electron chi connectivity index (χ4n) is 3.96. The monoisotopic (exact) mass is 279 g/mol. The zero-order chi connectivity index (χ0) is 13.6. The molecular weight excluding hydrogens is 258 g/mol. The van der Waals surface area contributed by atoms with Crippen molar-refractivity contribution in [3.63, 3.8) is 0 Å². The first-order chi connectivity index (χ1) is 9.04. The Morgan fingerprint density at radius 1 is 1.21 bits per heavy atom. The van der Waals surface area contributed by atoms with Crippen molar-refractivity contribution >= 4 is 17.4 Å². The second-order valence-corrected chi connectivity index (χ2v) is 6.66. The topological polar surface area (TPSA) is 37.8 Å². The van der Waals surface area contributed by atoms with Gasteiger partial charge in [0.2, 0.25) is 0 Å². The van der Waals surface area contributed by atoms with Crippen LogP contribution in [-0.4, -0.2) is 16.0 Å². The van der Waals surface area contributed by atoms with E-state index in [1.165, 1.54) is 25.7 Å². The van der Waals surface area contributed by atoms with Crippen molar-refractivity contribution in [2.45, 2.75) is 52.5 Å². The molecule has 0 radical (unpaired) electrons. The minimum absolute atomic E-state index is 0.472. The molecule has 1 N–H and O–H groups in total. The Hall–Kier alpha value is -0.830. The SMILES string of the molecule is Cc1nc(Cl)c(C)c(NC(C)C2CC3CCC2C3)n1. The Morgan fingerprint density at radius 3 is 2.63 bits per heavy atom. The fourth-order valence-corrected chi connectivity index (χ4v) is 4.18. The van der Waals surface area contributed by atoms with Crippen LogP contribution in [0.3, 0.4) is 0 Å². The molecule has 3 nitrogen and oxygen atoms in total. The van der Waals surface area contributed by atoms with E-state index < -0.39 is 0 Å². The van der Waals surface area contributed by atoms with Gasteiger partial charge in [-0.15, -0.1) is 0 Å². The predicted octanol–water partition coefficient (Wildman–Crippen LogP) is 3.98. The summed E-state index contributed by atoms with van der Waals surface area (Å²) in [6.45, 7) is 6.16. The van der Waals surface area contributed by atoms with Crippen molar-refractivity contribution in [2.24, 2.45) is 17.8 Å². The first-order valence-electron chi connectivity index (χ1n) is 7.32. The lowest BCUT2D eigenvalue weighted by atomic mass is 9.84. The molecule has 19 heavy (non-hydrogen) atoms. The minimum atomic E-state index is 0.472. The molecule has 2 saturated carbocycles. The minimum Gasteiger partial charge on any atom is -0.367 e. The quantitative estimate of drug-likeness (QED) is 0.851. The standard InChI is InChI=1S/C15H22ClN3/c1-8-14(16)18-10(3)19-15(8)17-9(2)13-7-11-4-5-12(13)6-11/h9,11-13H,4-7H2,1-3H3,(H,17,18,19). The summed E-state index contributed by atoms with van der Waals surface area (Å²) in [5.74, 6) is 4.35. The predicted molar refractivity (Wildman–Crippen MR) is 78.5 cm³/mol. The highest BCUT2D eigenvalue weighted by molar-refractivity contribution is 6.30. The number of anilines is 1. The highest BCUT2D eigenvalue weighted by atomic mass is 35.5. The van der Waals surface area contributed by atoms with Gasteiger partial charge in [0.25, 0.3) is 0 Å². The van der Waals surface area contributed by atoms with Crippen molar-refractivity contribution in [1.82, 2.24) is 9.97 Å². The summed E-state index contributed by atoms with van der Waals surface area (Å²) in [7, 11) is 0. The highest BCUT2D eigenvalue weighted by Gasteiger charge is 2.41. The fraction of sp³-hybridized carbons (Fsp3) is 0.733. The molecule has 0 amide bonds. The molecule has 0 aliphatic heterocycles. The van der Waals surface area contributed by atoms with E-state index in [0.29, 0.717) is 11.2 Å². The maximum atomic E-state index is 6.13. The van der Waals surface area contributed by atoms with Gasteiger partial charge in [0.05, 0.1) is 0 Å². The van der Waals surface area contributed by atoms with Crippen LogP contribution in [0.1, 0.15) is 44.0 Å². The van der Waals surface area contributed by atoms with Gasteiger partial charge in [-0.1, -0.05) is 18.0 Å². The molecule has 2 aliphatic rings. The zero-order valence-electron chi connectivity index (χ0n) is 11.9. The van der Waals surface area contributed by atoms with E-state index in [4.69, 9.17) is 11.6 Å². The number of fused-ring (bicyclic) bond motifs is 2. The van der Waals surface area contributed by atoms with Gasteiger partial charge in [0.15, 0.2) is 0 Å². The summed E-state index contributed by atoms with van der Waals surface area (Å²) in [6, 6.07) is 0.472. The summed E-state index contributed by atoms with van der Waals surface area (Å²) in [4.78, 5) is 8.69. The normalized spacial score (nSPS) is 30.6. The number of rotatable bonds is 3. The van der Waals surface area contributed by atoms with Crippen LogP contribution in [0.2, 0.25) is 5.15 Å². The lowest BCUT2D eigenvalue weighted by Crippen LogP contribution is -2.30. The number of hydrogen-bond donors (Lipinski definition) is 1. The number of aryl methyl sites for hydroxylation is 1. The Morgan fingerprint density at radius 2 is 2.00 bits per heavy atom. The van der Waals surface area contributed by atoms with Crippen LogP contribution in [-0.2, 0) is 0 Å². The summed E-state index contributed by atoms with van der Waals surface area (Å²) in [5.41, 5.74) is 0.960. The van der Waals surface area contributed by atoms with Crippen LogP contribution < -0.4 is 5.32 Å². The Kier molecular flexibility index (Phi) is 3.42. The van der Waals surface area contributed by atoms with E-state index in [0.717, 1.165) is 35.0 Å². The third-order valence-corrected chi connectivity index (χ3v) is 5.37. The van der Waals surface area contributed by atoms with Crippen LogP contribution in [0.25, 0.3) is 0 Å². The van der Waals surface area contributed by atoms with E-state index in [-0.39, 0.29) is 0 Å². The summed E-state index contributed by atoms with van der Waals surface area (Å²) in [6.07, 6.45) is 5.70. The average molecular weight is 280 g/mol. The van der Waals surface area contributed by atoms with Gasteiger partial charge < -0.3 is 5.32 Å². The van der Waals surface area contributed by atoms with E-state index in [9.17, 15) is 0 Å². The van der Waals surface area contributed by atoms with Gasteiger partial charge in [0.1, 0.15) is 16.8 Å². The molecule has 1 heterocycles. The van der Waals surface area contributed by atoms with Crippen LogP contribution in [0.15, 0.2) is 0 Å². The van der Waals surface area contributed by atoms with E-state index in [2.05, 4.69) is 22.2 Å². The number of nitrogens with zero attached hydrogens (tertiary/aromatic N) is 2. The number of hydrogen-bond acceptors (Lipinski definition) is 3. The maximum absolute atomic E-state index is 6.13. The van der Waals surface area contributed by atoms with Gasteiger partial charge in [0, 0.05) is 11.6 Å². The molecule has 104 valence electrons. The second-order valence-electron chi connectivity index (χ2n) is 6.31. The van der Waals surface area contributed by atoms with Crippen LogP contribution in [0, 0.1) is 31.6 Å². The van der Waals surface area contributed by atoms with Gasteiger partial charge in [-0.2, -0.15) is 0 Å². The first kappa shape index (κ1) is 13.2. The maximum Gasteiger partial charge on any atom is 0.137 e. The molecule has 4 heteroatoms. The Labute approximate surface area is 120 Å². The molecule has 0 spiro atoms. The lowest BCUT2D eigenvalue weighted by Gasteiger charge is -2.29. The molecule has 2 bridgehead atoms. The van der Waals surface area contributed by atoms with E-state index in [1.54, 1.807) is 0 Å². The average Bonchev–Trinajstić information content (AvgIpc) is 2.97. The molecule has 1 aromatic rings. The highest BCUT2D eigenvalue weighted by Crippen LogP contribution is 2.49. The molecule has 0 saturated heterocycles. The van der Waals surface area contributed by atoms with Crippen molar-refractivity contribution in [3.05, 3.63) is 16.5 Å². The Balaban J connectivity index is 1.74. The van der Waals surface area contributed by atoms with Crippen LogP contribution in [0.4, 0.5) is 5.82 Å². The van der Waals surface area contributed by atoms with Gasteiger partial charge in [-0.05, 0) is 57.8 Å². The molecule has 4 atom stereocenters. The largest absolute Gasteiger partial charge is 0.367 e. The Bertz CT molecular complexity index is 489.